The van der Waals surface area contributed by atoms with E-state index in [2.05, 4.69) is 5.10 Å². The highest BCUT2D eigenvalue weighted by Gasteiger charge is 2.33. The monoisotopic (exact) mass is 344 g/mol. The summed E-state index contributed by atoms with van der Waals surface area (Å²) in [5, 5.41) is 13.9. The Labute approximate surface area is 147 Å². The summed E-state index contributed by atoms with van der Waals surface area (Å²) in [6.45, 7) is 4.14. The molecule has 3 rings (SSSR count). The van der Waals surface area contributed by atoms with Crippen molar-refractivity contribution in [2.45, 2.75) is 13.5 Å². The molecule has 1 unspecified atom stereocenters. The lowest BCUT2D eigenvalue weighted by Crippen LogP contribution is -2.42. The Hall–Kier alpha value is -2.38. The van der Waals surface area contributed by atoms with Gasteiger partial charge in [0.05, 0.1) is 32.6 Å². The van der Waals surface area contributed by atoms with Gasteiger partial charge in [0.25, 0.3) is 5.91 Å². The van der Waals surface area contributed by atoms with E-state index in [1.54, 1.807) is 9.58 Å². The van der Waals surface area contributed by atoms with Crippen LogP contribution in [-0.2, 0) is 11.3 Å². The van der Waals surface area contributed by atoms with E-state index in [4.69, 9.17) is 10.5 Å². The Bertz CT molecular complexity index is 731. The van der Waals surface area contributed by atoms with Crippen molar-refractivity contribution in [1.82, 2.24) is 14.7 Å². The molecule has 1 aliphatic rings. The first-order valence-electron chi connectivity index (χ1n) is 8.35. The van der Waals surface area contributed by atoms with Crippen molar-refractivity contribution in [3.8, 4) is 0 Å². The molecule has 7 nitrogen and oxygen atoms in total. The minimum atomic E-state index is -0.471. The summed E-state index contributed by atoms with van der Waals surface area (Å²) in [5.41, 5.74) is 7.15. The molecule has 0 radical (unpaired) electrons. The van der Waals surface area contributed by atoms with Crippen LogP contribution < -0.4 is 5.73 Å². The van der Waals surface area contributed by atoms with Gasteiger partial charge in [0.15, 0.2) is 0 Å². The topological polar surface area (TPSA) is 93.6 Å². The highest BCUT2D eigenvalue weighted by Crippen LogP contribution is 2.23. The van der Waals surface area contributed by atoms with Crippen LogP contribution in [0.25, 0.3) is 0 Å². The van der Waals surface area contributed by atoms with Crippen LogP contribution in [0.2, 0.25) is 0 Å². The maximum Gasteiger partial charge on any atom is 0.259 e. The lowest BCUT2D eigenvalue weighted by Gasteiger charge is -2.30. The average molecular weight is 344 g/mol. The van der Waals surface area contributed by atoms with Crippen LogP contribution in [0, 0.1) is 5.41 Å². The van der Waals surface area contributed by atoms with E-state index in [0.717, 1.165) is 5.56 Å². The number of nitrogen functional groups attached to an aromatic ring is 1. The SMILES string of the molecule is CC1(CO)COCCN(C(=O)c2cnn(Cc3ccccc3)c2N)C1. The zero-order chi connectivity index (χ0) is 17.9. The molecule has 2 aromatic rings. The van der Waals surface area contributed by atoms with E-state index in [1.165, 1.54) is 6.20 Å². The number of nitrogens with two attached hydrogens (primary N) is 1. The van der Waals surface area contributed by atoms with E-state index in [0.29, 0.717) is 44.2 Å². The third-order valence-corrected chi connectivity index (χ3v) is 4.48. The molecule has 1 amide bonds. The van der Waals surface area contributed by atoms with Crippen molar-refractivity contribution in [2.24, 2.45) is 5.41 Å². The largest absolute Gasteiger partial charge is 0.396 e. The van der Waals surface area contributed by atoms with Gasteiger partial charge in [0.2, 0.25) is 0 Å². The highest BCUT2D eigenvalue weighted by atomic mass is 16.5. The van der Waals surface area contributed by atoms with Crippen LogP contribution in [-0.4, -0.2) is 58.6 Å². The number of carbonyl (C=O) groups is 1. The van der Waals surface area contributed by atoms with Gasteiger partial charge in [-0.05, 0) is 5.56 Å². The van der Waals surface area contributed by atoms with E-state index >= 15 is 0 Å². The van der Waals surface area contributed by atoms with Gasteiger partial charge in [-0.25, -0.2) is 4.68 Å². The zero-order valence-electron chi connectivity index (χ0n) is 14.4. The normalized spacial score (nSPS) is 21.1. The molecule has 25 heavy (non-hydrogen) atoms. The van der Waals surface area contributed by atoms with Crippen LogP contribution in [0.5, 0.6) is 0 Å². The number of carbonyl (C=O) groups excluding carboxylic acids is 1. The first kappa shape index (κ1) is 17.4. The molecule has 1 atom stereocenters. The van der Waals surface area contributed by atoms with E-state index in [1.807, 2.05) is 37.3 Å². The van der Waals surface area contributed by atoms with Crippen molar-refractivity contribution in [2.75, 3.05) is 38.6 Å². The molecule has 1 aliphatic heterocycles. The minimum absolute atomic E-state index is 0.0421. The second kappa shape index (κ2) is 7.25. The van der Waals surface area contributed by atoms with Crippen LogP contribution in [0.3, 0.4) is 0 Å². The molecule has 0 spiro atoms. The second-order valence-corrected chi connectivity index (χ2v) is 6.83. The minimum Gasteiger partial charge on any atom is -0.396 e. The van der Waals surface area contributed by atoms with Crippen LogP contribution in [0.15, 0.2) is 36.5 Å². The number of anilines is 1. The number of hydrogen-bond donors (Lipinski definition) is 2. The number of amides is 1. The molecule has 134 valence electrons. The predicted molar refractivity (Wildman–Crippen MR) is 94.1 cm³/mol. The second-order valence-electron chi connectivity index (χ2n) is 6.83. The lowest BCUT2D eigenvalue weighted by molar-refractivity contribution is 0.0341. The van der Waals surface area contributed by atoms with Crippen molar-refractivity contribution in [1.29, 1.82) is 0 Å². The van der Waals surface area contributed by atoms with Gasteiger partial charge in [-0.1, -0.05) is 37.3 Å². The summed E-state index contributed by atoms with van der Waals surface area (Å²) in [6.07, 6.45) is 1.52. The number of benzene rings is 1. The molecule has 1 aromatic heterocycles. The van der Waals surface area contributed by atoms with Crippen molar-refractivity contribution in [3.05, 3.63) is 47.7 Å². The third kappa shape index (κ3) is 3.83. The number of aromatic nitrogens is 2. The van der Waals surface area contributed by atoms with Gasteiger partial charge in [0, 0.05) is 18.5 Å². The zero-order valence-corrected chi connectivity index (χ0v) is 14.4. The molecule has 0 saturated carbocycles. The fourth-order valence-corrected chi connectivity index (χ4v) is 2.96. The van der Waals surface area contributed by atoms with Crippen LogP contribution >= 0.6 is 0 Å². The Morgan fingerprint density at radius 3 is 2.88 bits per heavy atom. The molecule has 7 heteroatoms. The van der Waals surface area contributed by atoms with Crippen molar-refractivity contribution in [3.63, 3.8) is 0 Å². The van der Waals surface area contributed by atoms with Gasteiger partial charge in [-0.2, -0.15) is 5.10 Å². The lowest BCUT2D eigenvalue weighted by atomic mass is 9.92. The van der Waals surface area contributed by atoms with Gasteiger partial charge >= 0.3 is 0 Å². The van der Waals surface area contributed by atoms with Gasteiger partial charge < -0.3 is 20.5 Å². The third-order valence-electron chi connectivity index (χ3n) is 4.48. The summed E-state index contributed by atoms with van der Waals surface area (Å²) in [4.78, 5) is 14.6. The fourth-order valence-electron chi connectivity index (χ4n) is 2.96. The van der Waals surface area contributed by atoms with Crippen molar-refractivity contribution >= 4 is 11.7 Å². The van der Waals surface area contributed by atoms with E-state index in [-0.39, 0.29) is 12.5 Å². The standard InChI is InChI=1S/C18H24N4O3/c1-18(12-23)11-21(7-8-25-13-18)17(24)15-9-20-22(16(15)19)10-14-5-3-2-4-6-14/h2-6,9,23H,7-8,10-13,19H2,1H3. The van der Waals surface area contributed by atoms with Crippen LogP contribution in [0.1, 0.15) is 22.8 Å². The number of aliphatic hydroxyl groups excluding tert-OH is 1. The van der Waals surface area contributed by atoms with E-state index in [9.17, 15) is 9.90 Å². The average Bonchev–Trinajstić information content (AvgIpc) is 2.86. The Morgan fingerprint density at radius 1 is 1.40 bits per heavy atom. The molecule has 0 bridgehead atoms. The summed E-state index contributed by atoms with van der Waals surface area (Å²) in [6, 6.07) is 9.83. The first-order chi connectivity index (χ1) is 12.0. The van der Waals surface area contributed by atoms with Gasteiger partial charge in [-0.15, -0.1) is 0 Å². The van der Waals surface area contributed by atoms with Gasteiger partial charge in [0.1, 0.15) is 11.4 Å². The highest BCUT2D eigenvalue weighted by molar-refractivity contribution is 5.98. The molecule has 2 heterocycles. The van der Waals surface area contributed by atoms with Gasteiger partial charge in [-0.3, -0.25) is 4.79 Å². The Kier molecular flexibility index (Phi) is 5.06. The number of ether oxygens (including phenoxy) is 1. The number of rotatable bonds is 4. The summed E-state index contributed by atoms with van der Waals surface area (Å²) >= 11 is 0. The molecule has 1 aromatic carbocycles. The quantitative estimate of drug-likeness (QED) is 0.862. The molecule has 0 aliphatic carbocycles. The molecular weight excluding hydrogens is 320 g/mol. The smallest absolute Gasteiger partial charge is 0.259 e. The maximum absolute atomic E-state index is 12.9. The maximum atomic E-state index is 12.9. The summed E-state index contributed by atoms with van der Waals surface area (Å²) < 4.78 is 7.15. The Balaban J connectivity index is 1.78. The Morgan fingerprint density at radius 2 is 2.16 bits per heavy atom. The van der Waals surface area contributed by atoms with Crippen molar-refractivity contribution < 1.29 is 14.6 Å². The summed E-state index contributed by atoms with van der Waals surface area (Å²) in [7, 11) is 0. The number of hydrogen-bond acceptors (Lipinski definition) is 5. The van der Waals surface area contributed by atoms with E-state index < -0.39 is 5.41 Å². The molecular formula is C18H24N4O3. The molecule has 1 saturated heterocycles. The number of aliphatic hydroxyl groups is 1. The fraction of sp³-hybridized carbons (Fsp3) is 0.444. The molecule has 1 fully saturated rings. The molecule has 3 N–H and O–H groups in total. The predicted octanol–water partition coefficient (Wildman–Crippen LogP) is 0.985. The summed E-state index contributed by atoms with van der Waals surface area (Å²) in [5.74, 6) is 0.173. The number of nitrogens with zero attached hydrogens (tertiary/aromatic N) is 3. The van der Waals surface area contributed by atoms with Crippen LogP contribution in [0.4, 0.5) is 5.82 Å². The first-order valence-corrected chi connectivity index (χ1v) is 8.35.